The molecule has 0 saturated heterocycles. The lowest BCUT2D eigenvalue weighted by Gasteiger charge is -2.29. The van der Waals surface area contributed by atoms with Crippen molar-refractivity contribution < 1.29 is 9.90 Å². The summed E-state index contributed by atoms with van der Waals surface area (Å²) in [6, 6.07) is 14.1. The van der Waals surface area contributed by atoms with E-state index in [-0.39, 0.29) is 18.2 Å². The zero-order valence-corrected chi connectivity index (χ0v) is 16.8. The molecule has 0 unspecified atom stereocenters. The fourth-order valence-corrected chi connectivity index (χ4v) is 4.51. The highest BCUT2D eigenvalue weighted by Crippen LogP contribution is 2.34. The van der Waals surface area contributed by atoms with Crippen LogP contribution in [0.2, 0.25) is 0 Å². The summed E-state index contributed by atoms with van der Waals surface area (Å²) < 4.78 is 0. The van der Waals surface area contributed by atoms with Gasteiger partial charge in [0, 0.05) is 17.9 Å². The highest BCUT2D eigenvalue weighted by Gasteiger charge is 2.24. The van der Waals surface area contributed by atoms with Crippen molar-refractivity contribution >= 4 is 33.8 Å². The molecule has 0 spiro atoms. The van der Waals surface area contributed by atoms with E-state index in [9.17, 15) is 9.90 Å². The van der Waals surface area contributed by atoms with E-state index in [4.69, 9.17) is 0 Å². The summed E-state index contributed by atoms with van der Waals surface area (Å²) in [5, 5.41) is 14.2. The van der Waals surface area contributed by atoms with Gasteiger partial charge in [-0.1, -0.05) is 47.7 Å². The molecule has 3 aromatic rings. The van der Waals surface area contributed by atoms with E-state index >= 15 is 0 Å². The van der Waals surface area contributed by atoms with Crippen LogP contribution >= 0.6 is 11.3 Å². The molecule has 1 aliphatic heterocycles. The van der Waals surface area contributed by atoms with Crippen molar-refractivity contribution in [2.45, 2.75) is 33.1 Å². The number of aromatic hydroxyl groups is 1. The second-order valence-electron chi connectivity index (χ2n) is 7.11. The predicted molar refractivity (Wildman–Crippen MR) is 114 cm³/mol. The molecule has 0 radical (unpaired) electrons. The van der Waals surface area contributed by atoms with Gasteiger partial charge in [-0.05, 0) is 49.4 Å². The van der Waals surface area contributed by atoms with Crippen LogP contribution in [0.25, 0.3) is 0 Å². The number of benzene rings is 2. The third kappa shape index (κ3) is 3.60. The maximum Gasteiger partial charge on any atom is 0.232 e. The van der Waals surface area contributed by atoms with E-state index < -0.39 is 0 Å². The van der Waals surface area contributed by atoms with Gasteiger partial charge < -0.3 is 15.3 Å². The highest BCUT2D eigenvalue weighted by atomic mass is 32.1. The molecule has 2 aromatic carbocycles. The Kier molecular flexibility index (Phi) is 5.05. The summed E-state index contributed by atoms with van der Waals surface area (Å²) in [5.41, 5.74) is 5.39. The van der Waals surface area contributed by atoms with E-state index in [1.807, 2.05) is 55.1 Å². The number of anilines is 3. The van der Waals surface area contributed by atoms with Gasteiger partial charge in [-0.2, -0.15) is 4.98 Å². The average molecular weight is 394 g/mol. The Morgan fingerprint density at radius 1 is 1.18 bits per heavy atom. The number of carbonyl (C=O) groups is 1. The van der Waals surface area contributed by atoms with Crippen LogP contribution < -0.4 is 10.2 Å². The van der Waals surface area contributed by atoms with E-state index in [1.54, 1.807) is 0 Å². The Morgan fingerprint density at radius 3 is 2.71 bits per heavy atom. The van der Waals surface area contributed by atoms with E-state index in [2.05, 4.69) is 16.4 Å². The average Bonchev–Trinajstić information content (AvgIpc) is 3.03. The van der Waals surface area contributed by atoms with Gasteiger partial charge in [0.1, 0.15) is 0 Å². The molecule has 1 aromatic heterocycles. The third-order valence-corrected chi connectivity index (χ3v) is 6.07. The topological polar surface area (TPSA) is 65.5 Å². The monoisotopic (exact) mass is 393 g/mol. The summed E-state index contributed by atoms with van der Waals surface area (Å²) in [5.74, 6) is -0.0814. The molecule has 1 amide bonds. The number of nitrogens with one attached hydrogen (secondary N) is 1. The highest BCUT2D eigenvalue weighted by molar-refractivity contribution is 7.16. The number of aryl methyl sites for hydroxylation is 3. The molecule has 144 valence electrons. The minimum Gasteiger partial charge on any atom is -0.492 e. The number of hydrogen-bond acceptors (Lipinski definition) is 5. The van der Waals surface area contributed by atoms with E-state index in [1.165, 1.54) is 16.9 Å². The minimum atomic E-state index is -0.0719. The number of thiazole rings is 1. The Morgan fingerprint density at radius 2 is 1.93 bits per heavy atom. The first kappa shape index (κ1) is 18.5. The van der Waals surface area contributed by atoms with Gasteiger partial charge in [0.25, 0.3) is 0 Å². The first-order chi connectivity index (χ1) is 13.5. The van der Waals surface area contributed by atoms with Crippen LogP contribution in [0, 0.1) is 13.8 Å². The Labute approximate surface area is 168 Å². The second-order valence-corrected chi connectivity index (χ2v) is 8.20. The van der Waals surface area contributed by atoms with Crippen molar-refractivity contribution in [3.8, 4) is 5.88 Å². The van der Waals surface area contributed by atoms with Crippen LogP contribution in [0.15, 0.2) is 42.5 Å². The van der Waals surface area contributed by atoms with Gasteiger partial charge in [0.15, 0.2) is 5.13 Å². The van der Waals surface area contributed by atoms with E-state index in [0.29, 0.717) is 16.6 Å². The van der Waals surface area contributed by atoms with Crippen LogP contribution in [0.3, 0.4) is 0 Å². The third-order valence-electron chi connectivity index (χ3n) is 5.11. The van der Waals surface area contributed by atoms with Gasteiger partial charge in [0.05, 0.1) is 11.3 Å². The van der Waals surface area contributed by atoms with Crippen molar-refractivity contribution in [2.75, 3.05) is 16.8 Å². The van der Waals surface area contributed by atoms with Crippen LogP contribution in [0.1, 0.15) is 28.0 Å². The Balaban J connectivity index is 1.53. The summed E-state index contributed by atoms with van der Waals surface area (Å²) in [4.78, 5) is 19.6. The van der Waals surface area contributed by atoms with Crippen molar-refractivity contribution in [2.24, 2.45) is 0 Å². The molecule has 2 heterocycles. The number of rotatable bonds is 4. The molecule has 2 N–H and O–H groups in total. The van der Waals surface area contributed by atoms with Crippen LogP contribution in [0.5, 0.6) is 5.88 Å². The fourth-order valence-electron chi connectivity index (χ4n) is 3.66. The maximum absolute atomic E-state index is 12.9. The molecule has 6 heteroatoms. The van der Waals surface area contributed by atoms with Crippen LogP contribution in [-0.2, 0) is 17.6 Å². The van der Waals surface area contributed by atoms with E-state index in [0.717, 1.165) is 35.3 Å². The van der Waals surface area contributed by atoms with Gasteiger partial charge in [-0.25, -0.2) is 0 Å². The van der Waals surface area contributed by atoms with Crippen LogP contribution in [-0.4, -0.2) is 22.5 Å². The van der Waals surface area contributed by atoms with Gasteiger partial charge in [-0.3, -0.25) is 4.79 Å². The zero-order valence-electron chi connectivity index (χ0n) is 16.0. The summed E-state index contributed by atoms with van der Waals surface area (Å²) >= 11 is 1.33. The minimum absolute atomic E-state index is 0.00952. The molecule has 5 nitrogen and oxygen atoms in total. The molecule has 0 aliphatic carbocycles. The maximum atomic E-state index is 12.9. The molecule has 0 saturated carbocycles. The standard InChI is InChI=1S/C22H23N3O2S/c1-14-7-5-8-15(2)20(14)23-22-24-21(27)18(28-22)13-19(26)25-12-6-10-16-9-3-4-11-17(16)25/h3-5,7-9,11,27H,6,10,12-13H2,1-2H3,(H,23,24). The number of para-hydroxylation sites is 2. The smallest absolute Gasteiger partial charge is 0.232 e. The number of hydrogen-bond donors (Lipinski definition) is 2. The molecular weight excluding hydrogens is 370 g/mol. The molecule has 28 heavy (non-hydrogen) atoms. The normalized spacial score (nSPS) is 13.3. The van der Waals surface area contributed by atoms with Crippen LogP contribution in [0.4, 0.5) is 16.5 Å². The lowest BCUT2D eigenvalue weighted by Crippen LogP contribution is -2.36. The summed E-state index contributed by atoms with van der Waals surface area (Å²) in [6.45, 7) is 4.77. The molecular formula is C22H23N3O2S. The molecule has 0 fully saturated rings. The largest absolute Gasteiger partial charge is 0.492 e. The predicted octanol–water partition coefficient (Wildman–Crippen LogP) is 4.73. The first-order valence-corrected chi connectivity index (χ1v) is 10.2. The number of nitrogens with zero attached hydrogens (tertiary/aromatic N) is 2. The quantitative estimate of drug-likeness (QED) is 0.672. The zero-order chi connectivity index (χ0) is 19.7. The lowest BCUT2D eigenvalue weighted by molar-refractivity contribution is -0.118. The van der Waals surface area contributed by atoms with Gasteiger partial charge >= 0.3 is 0 Å². The Bertz CT molecular complexity index is 1010. The number of fused-ring (bicyclic) bond motifs is 1. The van der Waals surface area contributed by atoms with Crippen molar-refractivity contribution in [3.05, 3.63) is 64.0 Å². The molecule has 0 bridgehead atoms. The van der Waals surface area contributed by atoms with Gasteiger partial charge in [-0.15, -0.1) is 0 Å². The number of carbonyl (C=O) groups excluding carboxylic acids is 1. The molecule has 1 aliphatic rings. The lowest BCUT2D eigenvalue weighted by atomic mass is 10.0. The fraction of sp³-hybridized carbons (Fsp3) is 0.273. The summed E-state index contributed by atoms with van der Waals surface area (Å²) in [7, 11) is 0. The molecule has 0 atom stereocenters. The Hall–Kier alpha value is -2.86. The first-order valence-electron chi connectivity index (χ1n) is 9.43. The molecule has 4 rings (SSSR count). The summed E-state index contributed by atoms with van der Waals surface area (Å²) in [6.07, 6.45) is 2.10. The number of amides is 1. The second kappa shape index (κ2) is 7.64. The van der Waals surface area contributed by atoms with Gasteiger partial charge in [0.2, 0.25) is 11.8 Å². The van der Waals surface area contributed by atoms with Crippen molar-refractivity contribution in [3.63, 3.8) is 0 Å². The number of aromatic nitrogens is 1. The van der Waals surface area contributed by atoms with Crippen molar-refractivity contribution in [1.29, 1.82) is 0 Å². The SMILES string of the molecule is Cc1cccc(C)c1Nc1nc(O)c(CC(=O)N2CCCc3ccccc32)s1. The van der Waals surface area contributed by atoms with Crippen molar-refractivity contribution in [1.82, 2.24) is 4.98 Å².